The van der Waals surface area contributed by atoms with Gasteiger partial charge in [-0.3, -0.25) is 4.79 Å². The minimum Gasteiger partial charge on any atom is -0.489 e. The van der Waals surface area contributed by atoms with E-state index in [4.69, 9.17) is 30.2 Å². The number of carbonyl (C=O) groups excluding carboxylic acids is 1. The molecule has 0 fully saturated rings. The van der Waals surface area contributed by atoms with E-state index in [-0.39, 0.29) is 22.5 Å². The summed E-state index contributed by atoms with van der Waals surface area (Å²) in [5, 5.41) is 0.969. The van der Waals surface area contributed by atoms with Crippen molar-refractivity contribution in [1.29, 1.82) is 0 Å². The summed E-state index contributed by atoms with van der Waals surface area (Å²) in [7, 11) is 0. The first kappa shape index (κ1) is 26.8. The van der Waals surface area contributed by atoms with Crippen LogP contribution >= 0.6 is 11.6 Å². The van der Waals surface area contributed by atoms with Crippen molar-refractivity contribution in [2.45, 2.75) is 20.5 Å². The maximum absolute atomic E-state index is 13.0. The Morgan fingerprint density at radius 1 is 0.900 bits per heavy atom. The first-order valence-corrected chi connectivity index (χ1v) is 12.9. The van der Waals surface area contributed by atoms with Gasteiger partial charge in [-0.25, -0.2) is 4.79 Å². The van der Waals surface area contributed by atoms with Gasteiger partial charge in [0.05, 0.1) is 5.39 Å². The number of hydrogen-bond acceptors (Lipinski definition) is 6. The lowest BCUT2D eigenvalue weighted by Gasteiger charge is -2.09. The monoisotopic (exact) mass is 552 g/mol. The summed E-state index contributed by atoms with van der Waals surface area (Å²) in [6.07, 6.45) is 4.22. The van der Waals surface area contributed by atoms with Gasteiger partial charge in [-0.15, -0.1) is 0 Å². The smallest absolute Gasteiger partial charge is 0.336 e. The van der Waals surface area contributed by atoms with Gasteiger partial charge >= 0.3 is 5.97 Å². The number of aryl methyl sites for hydroxylation is 2. The molecule has 0 unspecified atom stereocenters. The maximum Gasteiger partial charge on any atom is 0.336 e. The van der Waals surface area contributed by atoms with Crippen LogP contribution in [0.4, 0.5) is 0 Å². The van der Waals surface area contributed by atoms with E-state index >= 15 is 0 Å². The largest absolute Gasteiger partial charge is 0.489 e. The van der Waals surface area contributed by atoms with E-state index in [1.807, 2.05) is 80.6 Å². The third-order valence-electron chi connectivity index (χ3n) is 6.14. The molecule has 6 nitrogen and oxygen atoms in total. The van der Waals surface area contributed by atoms with Crippen molar-refractivity contribution in [2.24, 2.45) is 0 Å². The molecule has 0 saturated carbocycles. The van der Waals surface area contributed by atoms with Crippen LogP contribution in [0.5, 0.6) is 23.0 Å². The predicted molar refractivity (Wildman–Crippen MR) is 155 cm³/mol. The first-order valence-electron chi connectivity index (χ1n) is 12.5. The van der Waals surface area contributed by atoms with Crippen molar-refractivity contribution in [2.75, 3.05) is 0 Å². The fourth-order valence-electron chi connectivity index (χ4n) is 3.93. The summed E-state index contributed by atoms with van der Waals surface area (Å²) in [5.41, 5.74) is 3.57. The highest BCUT2D eigenvalue weighted by Crippen LogP contribution is 2.27. The highest BCUT2D eigenvalue weighted by molar-refractivity contribution is 6.31. The molecular formula is C33H25ClO6. The second-order valence-electron chi connectivity index (χ2n) is 9.16. The Kier molecular flexibility index (Phi) is 7.99. The summed E-state index contributed by atoms with van der Waals surface area (Å²) in [4.78, 5) is 25.4. The number of benzene rings is 4. The Labute approximate surface area is 236 Å². The fourth-order valence-corrected chi connectivity index (χ4v) is 4.12. The lowest BCUT2D eigenvalue weighted by molar-refractivity contribution is -0.128. The van der Waals surface area contributed by atoms with Crippen LogP contribution in [-0.4, -0.2) is 5.97 Å². The second-order valence-corrected chi connectivity index (χ2v) is 9.57. The summed E-state index contributed by atoms with van der Waals surface area (Å²) < 4.78 is 22.6. The van der Waals surface area contributed by atoms with Crippen molar-refractivity contribution < 1.29 is 23.4 Å². The molecule has 0 aliphatic rings. The third kappa shape index (κ3) is 6.42. The Hall–Kier alpha value is -4.81. The van der Waals surface area contributed by atoms with Crippen LogP contribution in [0, 0.1) is 13.8 Å². The molecule has 200 valence electrons. The number of carbonyl (C=O) groups is 1. The van der Waals surface area contributed by atoms with Gasteiger partial charge in [0.25, 0.3) is 0 Å². The van der Waals surface area contributed by atoms with Crippen LogP contribution in [0.25, 0.3) is 17.0 Å². The number of fused-ring (bicyclic) bond motifs is 1. The lowest BCUT2D eigenvalue weighted by Crippen LogP contribution is -2.07. The molecule has 0 aliphatic heterocycles. The van der Waals surface area contributed by atoms with E-state index in [0.717, 1.165) is 22.3 Å². The number of esters is 1. The zero-order valence-electron chi connectivity index (χ0n) is 21.8. The lowest BCUT2D eigenvalue weighted by atomic mass is 10.1. The van der Waals surface area contributed by atoms with Crippen LogP contribution in [-0.2, 0) is 11.4 Å². The third-order valence-corrected chi connectivity index (χ3v) is 6.51. The summed E-state index contributed by atoms with van der Waals surface area (Å²) in [5.74, 6) is 1.02. The highest BCUT2D eigenvalue weighted by Gasteiger charge is 2.12. The van der Waals surface area contributed by atoms with Crippen LogP contribution in [0.1, 0.15) is 22.3 Å². The van der Waals surface area contributed by atoms with Crippen LogP contribution in [0.15, 0.2) is 106 Å². The van der Waals surface area contributed by atoms with Gasteiger partial charge in [0.15, 0.2) is 0 Å². The van der Waals surface area contributed by atoms with Crippen molar-refractivity contribution in [3.8, 4) is 23.0 Å². The van der Waals surface area contributed by atoms with Crippen LogP contribution < -0.4 is 19.6 Å². The average Bonchev–Trinajstić information content (AvgIpc) is 2.95. The van der Waals surface area contributed by atoms with Gasteiger partial charge in [-0.05, 0) is 73.0 Å². The topological polar surface area (TPSA) is 75.0 Å². The standard InChI is InChI=1S/C33H25ClO6/c1-21-7-8-22(2)29(17-21)40-31-20-38-30-18-26(14-15-27(30)33(31)36)39-32(35)16-11-23-9-12-25(13-10-23)37-19-24-5-3-4-6-28(24)34/h3-18,20H,19H2,1-2H3/b16-11+. The van der Waals surface area contributed by atoms with E-state index in [9.17, 15) is 9.59 Å². The minimum absolute atomic E-state index is 0.0779. The predicted octanol–water partition coefficient (Wildman–Crippen LogP) is 8.05. The Balaban J connectivity index is 1.21. The molecule has 0 atom stereocenters. The molecule has 4 aromatic carbocycles. The van der Waals surface area contributed by atoms with Gasteiger partial charge < -0.3 is 18.6 Å². The molecule has 5 rings (SSSR count). The minimum atomic E-state index is -0.574. The van der Waals surface area contributed by atoms with E-state index in [0.29, 0.717) is 28.5 Å². The number of hydrogen-bond donors (Lipinski definition) is 0. The Morgan fingerprint density at radius 2 is 1.68 bits per heavy atom. The number of halogens is 1. The average molecular weight is 553 g/mol. The van der Waals surface area contributed by atoms with Crippen molar-refractivity contribution >= 4 is 34.6 Å². The molecule has 0 radical (unpaired) electrons. The quantitative estimate of drug-likeness (QED) is 0.110. The first-order chi connectivity index (χ1) is 19.4. The summed E-state index contributed by atoms with van der Waals surface area (Å²) in [6, 6.07) is 25.1. The summed E-state index contributed by atoms with van der Waals surface area (Å²) in [6.45, 7) is 4.20. The summed E-state index contributed by atoms with van der Waals surface area (Å²) >= 11 is 6.17. The molecule has 0 spiro atoms. The molecule has 1 aromatic heterocycles. The molecule has 1 heterocycles. The Morgan fingerprint density at radius 3 is 2.48 bits per heavy atom. The van der Waals surface area contributed by atoms with Crippen molar-refractivity contribution in [3.05, 3.63) is 135 Å². The molecule has 0 bridgehead atoms. The molecule has 7 heteroatoms. The second kappa shape index (κ2) is 11.9. The van der Waals surface area contributed by atoms with Crippen LogP contribution in [0.3, 0.4) is 0 Å². The molecule has 0 aliphatic carbocycles. The van der Waals surface area contributed by atoms with Crippen molar-refractivity contribution in [1.82, 2.24) is 0 Å². The Bertz CT molecular complexity index is 1770. The van der Waals surface area contributed by atoms with Crippen molar-refractivity contribution in [3.63, 3.8) is 0 Å². The zero-order chi connectivity index (χ0) is 28.1. The fraction of sp³-hybridized carbons (Fsp3) is 0.0909. The molecule has 0 N–H and O–H groups in total. The van der Waals surface area contributed by atoms with Gasteiger partial charge in [-0.1, -0.05) is 54.1 Å². The SMILES string of the molecule is Cc1ccc(C)c(Oc2coc3cc(OC(=O)/C=C/c4ccc(OCc5ccccc5Cl)cc4)ccc3c2=O)c1. The normalized spacial score (nSPS) is 11.1. The van der Waals surface area contributed by atoms with E-state index in [1.165, 1.54) is 24.5 Å². The van der Waals surface area contributed by atoms with Gasteiger partial charge in [0.1, 0.15) is 35.7 Å². The van der Waals surface area contributed by atoms with Gasteiger partial charge in [-0.2, -0.15) is 0 Å². The molecular weight excluding hydrogens is 528 g/mol. The van der Waals surface area contributed by atoms with Gasteiger partial charge in [0, 0.05) is 22.7 Å². The number of rotatable bonds is 8. The molecule has 0 amide bonds. The van der Waals surface area contributed by atoms with Crippen LogP contribution in [0.2, 0.25) is 5.02 Å². The van der Waals surface area contributed by atoms with E-state index in [1.54, 1.807) is 12.1 Å². The molecule has 40 heavy (non-hydrogen) atoms. The van der Waals surface area contributed by atoms with E-state index in [2.05, 4.69) is 0 Å². The number of ether oxygens (including phenoxy) is 3. The maximum atomic E-state index is 13.0. The molecule has 5 aromatic rings. The van der Waals surface area contributed by atoms with Gasteiger partial charge in [0.2, 0.25) is 11.2 Å². The van der Waals surface area contributed by atoms with E-state index < -0.39 is 5.97 Å². The molecule has 0 saturated heterocycles. The highest BCUT2D eigenvalue weighted by atomic mass is 35.5. The zero-order valence-corrected chi connectivity index (χ0v) is 22.6.